The van der Waals surface area contributed by atoms with Gasteiger partial charge in [-0.25, -0.2) is 9.20 Å². The molecule has 2 unspecified atom stereocenters. The number of nitrogens with zero attached hydrogens (tertiary/aromatic N) is 2. The summed E-state index contributed by atoms with van der Waals surface area (Å²) in [4.78, 5) is 3.36. The lowest BCUT2D eigenvalue weighted by Crippen LogP contribution is -2.43. The fourth-order valence-electron chi connectivity index (χ4n) is 1.58. The fraction of sp³-hybridized carbons (Fsp3) is 0.250. The first kappa shape index (κ1) is 22.2. The molecule has 0 saturated heterocycles. The normalized spacial score (nSPS) is 15.3. The van der Waals surface area contributed by atoms with Crippen LogP contribution in [-0.2, 0) is 17.0 Å². The van der Waals surface area contributed by atoms with Crippen LogP contribution in [0.5, 0.6) is 0 Å². The Morgan fingerprint density at radius 3 is 2.04 bits per heavy atom. The second-order valence-electron chi connectivity index (χ2n) is 4.47. The van der Waals surface area contributed by atoms with Crippen LogP contribution in [0, 0.1) is 16.7 Å². The summed E-state index contributed by atoms with van der Waals surface area (Å²) in [6, 6.07) is 1.87. The van der Waals surface area contributed by atoms with Gasteiger partial charge < -0.3 is 5.73 Å². The summed E-state index contributed by atoms with van der Waals surface area (Å²) in [6.45, 7) is 0. The molecule has 14 heteroatoms. The van der Waals surface area contributed by atoms with Gasteiger partial charge in [0.25, 0.3) is 0 Å². The molecule has 0 bridgehead atoms. The maximum absolute atomic E-state index is 12.7. The minimum atomic E-state index is -5.33. The van der Waals surface area contributed by atoms with E-state index in [4.69, 9.17) is 39.6 Å². The minimum absolute atomic E-state index is 0.408. The summed E-state index contributed by atoms with van der Waals surface area (Å²) in [7, 11) is -3.81. The molecule has 0 aliphatic carbocycles. The third kappa shape index (κ3) is 5.09. The summed E-state index contributed by atoms with van der Waals surface area (Å²) >= 11 is 11.2. The van der Waals surface area contributed by atoms with E-state index in [-0.39, 0.29) is 0 Å². The van der Waals surface area contributed by atoms with E-state index in [2.05, 4.69) is 4.99 Å². The van der Waals surface area contributed by atoms with Crippen LogP contribution in [0.15, 0.2) is 17.1 Å². The highest BCUT2D eigenvalue weighted by Crippen LogP contribution is 2.40. The highest BCUT2D eigenvalue weighted by atomic mass is 35.5. The number of hydrogen-bond donors (Lipinski definition) is 2. The Balaban J connectivity index is 3.48. The minimum Gasteiger partial charge on any atom is -0.386 e. The van der Waals surface area contributed by atoms with Gasteiger partial charge in [-0.2, -0.15) is 31.6 Å². The van der Waals surface area contributed by atoms with Crippen LogP contribution in [0.2, 0.25) is 10.0 Å². The van der Waals surface area contributed by atoms with Crippen molar-refractivity contribution in [1.29, 1.82) is 10.7 Å². The van der Waals surface area contributed by atoms with Gasteiger partial charge in [-0.1, -0.05) is 23.2 Å². The highest BCUT2D eigenvalue weighted by Gasteiger charge is 2.45. The number of hydrogen-bond acceptors (Lipinski definition) is 4. The molecule has 3 N–H and O–H groups in total. The van der Waals surface area contributed by atoms with Gasteiger partial charge in [-0.05, 0) is 12.1 Å². The van der Waals surface area contributed by atoms with Crippen molar-refractivity contribution in [2.45, 2.75) is 16.9 Å². The number of aliphatic imine (C=N–C) groups is 1. The molecule has 2 atom stereocenters. The Labute approximate surface area is 154 Å². The predicted molar refractivity (Wildman–Crippen MR) is 84.1 cm³/mol. The largest absolute Gasteiger partial charge is 0.472 e. The van der Waals surface area contributed by atoms with Crippen molar-refractivity contribution in [2.75, 3.05) is 0 Å². The molecule has 1 aromatic rings. The smallest absolute Gasteiger partial charge is 0.386 e. The molecule has 0 radical (unpaired) electrons. The van der Waals surface area contributed by atoms with Crippen molar-refractivity contribution in [3.05, 3.63) is 27.7 Å². The van der Waals surface area contributed by atoms with Crippen LogP contribution in [0.1, 0.15) is 5.56 Å². The first-order valence-electron chi connectivity index (χ1n) is 6.06. The number of nitrogens with one attached hydrogen (secondary N) is 1. The van der Waals surface area contributed by atoms with E-state index in [0.717, 1.165) is 6.07 Å². The standard InChI is InChI=1S/C12H6Cl2F6N4OS/c13-5-1-4(11(15,16)17)2-6(14)8(5)24-10(23)9(7(22)3-21)26(25)12(18,19)20/h1-2,9,22H,(H2,23,24). The van der Waals surface area contributed by atoms with Crippen molar-refractivity contribution in [3.63, 3.8) is 0 Å². The maximum atomic E-state index is 12.7. The number of rotatable bonds is 4. The molecular formula is C12H6Cl2F6N4OS. The Bertz CT molecular complexity index is 807. The zero-order valence-corrected chi connectivity index (χ0v) is 14.4. The average Bonchev–Trinajstić information content (AvgIpc) is 2.48. The van der Waals surface area contributed by atoms with E-state index in [1.165, 1.54) is 0 Å². The zero-order valence-electron chi connectivity index (χ0n) is 12.0. The molecule has 1 aromatic carbocycles. The van der Waals surface area contributed by atoms with Crippen LogP contribution in [-0.4, -0.2) is 26.5 Å². The lowest BCUT2D eigenvalue weighted by atomic mass is 10.2. The molecule has 0 amide bonds. The number of nitriles is 1. The van der Waals surface area contributed by atoms with Crippen LogP contribution < -0.4 is 5.73 Å². The summed E-state index contributed by atoms with van der Waals surface area (Å²) < 4.78 is 87.4. The molecule has 26 heavy (non-hydrogen) atoms. The van der Waals surface area contributed by atoms with Crippen LogP contribution in [0.4, 0.5) is 32.0 Å². The maximum Gasteiger partial charge on any atom is 0.472 e. The van der Waals surface area contributed by atoms with Crippen molar-refractivity contribution in [1.82, 2.24) is 0 Å². The molecule has 5 nitrogen and oxygen atoms in total. The molecule has 0 spiro atoms. The second kappa shape index (κ2) is 7.81. The van der Waals surface area contributed by atoms with E-state index in [9.17, 15) is 30.6 Å². The van der Waals surface area contributed by atoms with Gasteiger partial charge in [-0.15, -0.1) is 0 Å². The van der Waals surface area contributed by atoms with Crippen molar-refractivity contribution < 1.29 is 30.6 Å². The summed E-state index contributed by atoms with van der Waals surface area (Å²) in [5, 5.41) is 11.9. The molecule has 0 aliphatic heterocycles. The first-order valence-corrected chi connectivity index (χ1v) is 8.03. The highest BCUT2D eigenvalue weighted by molar-refractivity contribution is 7.88. The van der Waals surface area contributed by atoms with E-state index >= 15 is 0 Å². The third-order valence-electron chi connectivity index (χ3n) is 2.68. The Hall–Kier alpha value is -1.84. The van der Waals surface area contributed by atoms with Crippen LogP contribution in [0.3, 0.4) is 0 Å². The Morgan fingerprint density at radius 1 is 1.23 bits per heavy atom. The molecule has 0 aliphatic rings. The van der Waals surface area contributed by atoms with Gasteiger partial charge in [0.1, 0.15) is 34.1 Å². The Kier molecular flexibility index (Phi) is 6.67. The van der Waals surface area contributed by atoms with Crippen molar-refractivity contribution in [2.24, 2.45) is 10.7 Å². The van der Waals surface area contributed by atoms with E-state index in [0.29, 0.717) is 12.1 Å². The number of amidine groups is 1. The molecule has 142 valence electrons. The van der Waals surface area contributed by atoms with E-state index in [1.807, 2.05) is 0 Å². The average molecular weight is 439 g/mol. The first-order chi connectivity index (χ1) is 11.7. The quantitative estimate of drug-likeness (QED) is 0.418. The number of nitrogens with two attached hydrogens (primary N) is 1. The topological polar surface area (TPSA) is 103 Å². The summed E-state index contributed by atoms with van der Waals surface area (Å²) in [5.41, 5.74) is -3.21. The predicted octanol–water partition coefficient (Wildman–Crippen LogP) is 4.18. The van der Waals surface area contributed by atoms with E-state index in [1.54, 1.807) is 0 Å². The lowest BCUT2D eigenvalue weighted by molar-refractivity contribution is -0.137. The molecule has 0 heterocycles. The summed E-state index contributed by atoms with van der Waals surface area (Å²) in [6.07, 6.45) is -4.80. The third-order valence-corrected chi connectivity index (χ3v) is 4.62. The van der Waals surface area contributed by atoms with Gasteiger partial charge in [-0.3, -0.25) is 5.41 Å². The lowest BCUT2D eigenvalue weighted by Gasteiger charge is -2.16. The molecule has 0 aromatic heterocycles. The monoisotopic (exact) mass is 438 g/mol. The van der Waals surface area contributed by atoms with Crippen LogP contribution >= 0.6 is 23.2 Å². The second-order valence-corrected chi connectivity index (χ2v) is 6.82. The fourth-order valence-corrected chi connectivity index (χ4v) is 2.96. The van der Waals surface area contributed by atoms with Gasteiger partial charge >= 0.3 is 11.7 Å². The van der Waals surface area contributed by atoms with Crippen molar-refractivity contribution in [3.8, 4) is 6.07 Å². The molecular weight excluding hydrogens is 433 g/mol. The van der Waals surface area contributed by atoms with Gasteiger partial charge in [0.05, 0.1) is 15.6 Å². The molecule has 1 rings (SSSR count). The summed E-state index contributed by atoms with van der Waals surface area (Å²) in [5.74, 6) is -1.13. The van der Waals surface area contributed by atoms with Gasteiger partial charge in [0.15, 0.2) is 5.25 Å². The van der Waals surface area contributed by atoms with E-state index < -0.39 is 60.6 Å². The Morgan fingerprint density at radius 2 is 1.69 bits per heavy atom. The SMILES string of the molecule is N#CC(=N)C(C(N)=Nc1c(Cl)cc(C(F)(F)F)cc1Cl)S(=O)C(F)(F)F. The number of halogens is 8. The zero-order chi connectivity index (χ0) is 20.4. The van der Waals surface area contributed by atoms with Crippen LogP contribution in [0.25, 0.3) is 0 Å². The number of alkyl halides is 6. The number of benzene rings is 1. The van der Waals surface area contributed by atoms with Gasteiger partial charge in [0, 0.05) is 0 Å². The van der Waals surface area contributed by atoms with Gasteiger partial charge in [0.2, 0.25) is 0 Å². The molecule has 0 fully saturated rings. The van der Waals surface area contributed by atoms with Crippen molar-refractivity contribution >= 4 is 51.2 Å². The molecule has 0 saturated carbocycles.